The van der Waals surface area contributed by atoms with E-state index in [1.54, 1.807) is 0 Å². The van der Waals surface area contributed by atoms with Crippen molar-refractivity contribution in [3.63, 3.8) is 0 Å². The average molecular weight is 229 g/mol. The number of nitriles is 1. The van der Waals surface area contributed by atoms with E-state index in [-0.39, 0.29) is 6.10 Å². The minimum Gasteiger partial charge on any atom is -0.400 e. The van der Waals surface area contributed by atoms with Gasteiger partial charge in [0.15, 0.2) is 20.2 Å². The Kier molecular flexibility index (Phi) is 3.56. The molecule has 1 unspecified atom stereocenters. The van der Waals surface area contributed by atoms with Gasteiger partial charge in [0.2, 0.25) is 0 Å². The van der Waals surface area contributed by atoms with Crippen LogP contribution >= 0.6 is 0 Å². The fraction of sp³-hybridized carbons (Fsp3) is 0.900. The maximum atomic E-state index is 9.03. The predicted molar refractivity (Wildman–Crippen MR) is 58.7 cm³/mol. The molecule has 0 aliphatic carbocycles. The first kappa shape index (κ1) is 12.7. The molecule has 2 atom stereocenters. The van der Waals surface area contributed by atoms with Gasteiger partial charge in [-0.15, -0.1) is 0 Å². The highest BCUT2D eigenvalue weighted by Gasteiger charge is 2.39. The summed E-state index contributed by atoms with van der Waals surface area (Å²) in [6.45, 7) is 10.3. The van der Waals surface area contributed by atoms with Crippen molar-refractivity contribution in [2.75, 3.05) is 6.61 Å². The standard InChI is InChI=1S/C10H19NO3Si/c1-10(2)12-7-9(13-10)8(6-11)14-15(3,4)5/h8-9H,7H2,1-5H3/t8?,9-/m1/s1. The molecule has 0 bridgehead atoms. The summed E-state index contributed by atoms with van der Waals surface area (Å²) < 4.78 is 16.7. The number of hydrogen-bond acceptors (Lipinski definition) is 4. The first-order valence-corrected chi connectivity index (χ1v) is 8.53. The van der Waals surface area contributed by atoms with Crippen molar-refractivity contribution in [3.8, 4) is 6.07 Å². The lowest BCUT2D eigenvalue weighted by Crippen LogP contribution is -2.39. The maximum Gasteiger partial charge on any atom is 0.185 e. The van der Waals surface area contributed by atoms with Crippen molar-refractivity contribution in [3.05, 3.63) is 0 Å². The second kappa shape index (κ2) is 4.22. The molecule has 0 N–H and O–H groups in total. The van der Waals surface area contributed by atoms with Gasteiger partial charge in [0, 0.05) is 0 Å². The normalized spacial score (nSPS) is 27.3. The van der Waals surface area contributed by atoms with Gasteiger partial charge in [0.1, 0.15) is 6.10 Å². The minimum absolute atomic E-state index is 0.267. The lowest BCUT2D eigenvalue weighted by molar-refractivity contribution is -0.145. The quantitative estimate of drug-likeness (QED) is 0.693. The molecule has 1 heterocycles. The summed E-state index contributed by atoms with van der Waals surface area (Å²) in [6, 6.07) is 2.15. The summed E-state index contributed by atoms with van der Waals surface area (Å²) in [5.41, 5.74) is 0. The zero-order valence-corrected chi connectivity index (χ0v) is 11.0. The van der Waals surface area contributed by atoms with E-state index in [4.69, 9.17) is 19.2 Å². The first-order valence-electron chi connectivity index (χ1n) is 5.13. The summed E-state index contributed by atoms with van der Waals surface area (Å²) in [5.74, 6) is -0.595. The van der Waals surface area contributed by atoms with Gasteiger partial charge in [-0.2, -0.15) is 5.26 Å². The monoisotopic (exact) mass is 229 g/mol. The molecule has 1 saturated heterocycles. The second-order valence-electron chi connectivity index (χ2n) is 5.15. The van der Waals surface area contributed by atoms with Crippen LogP contribution in [0.4, 0.5) is 0 Å². The van der Waals surface area contributed by atoms with Gasteiger partial charge in [-0.3, -0.25) is 0 Å². The second-order valence-corrected chi connectivity index (χ2v) is 9.61. The number of ether oxygens (including phenoxy) is 2. The predicted octanol–water partition coefficient (Wildman–Crippen LogP) is 1.88. The SMILES string of the molecule is CC1(C)OC[C@H](C(C#N)O[Si](C)(C)C)O1. The average Bonchev–Trinajstić information content (AvgIpc) is 2.40. The molecule has 0 amide bonds. The van der Waals surface area contributed by atoms with Crippen LogP contribution in [0.5, 0.6) is 0 Å². The van der Waals surface area contributed by atoms with Gasteiger partial charge in [0.05, 0.1) is 12.7 Å². The molecule has 0 saturated carbocycles. The molecule has 86 valence electrons. The van der Waals surface area contributed by atoms with Gasteiger partial charge >= 0.3 is 0 Å². The maximum absolute atomic E-state index is 9.03. The lowest BCUT2D eigenvalue weighted by atomic mass is 10.2. The molecule has 1 aliphatic heterocycles. The van der Waals surface area contributed by atoms with E-state index in [0.717, 1.165) is 0 Å². The zero-order chi connectivity index (χ0) is 11.7. The first-order chi connectivity index (χ1) is 6.73. The number of hydrogen-bond donors (Lipinski definition) is 0. The molecule has 5 heteroatoms. The van der Waals surface area contributed by atoms with E-state index in [1.165, 1.54) is 0 Å². The molecule has 4 nitrogen and oxygen atoms in total. The van der Waals surface area contributed by atoms with Crippen LogP contribution in [0.2, 0.25) is 19.6 Å². The topological polar surface area (TPSA) is 51.5 Å². The summed E-state index contributed by atoms with van der Waals surface area (Å²) in [6.07, 6.45) is -0.782. The molecule has 0 aromatic rings. The van der Waals surface area contributed by atoms with Gasteiger partial charge in [-0.05, 0) is 33.5 Å². The van der Waals surface area contributed by atoms with Crippen LogP contribution in [0.15, 0.2) is 0 Å². The highest BCUT2D eigenvalue weighted by molar-refractivity contribution is 6.69. The Balaban J connectivity index is 2.59. The molecule has 15 heavy (non-hydrogen) atoms. The Morgan fingerprint density at radius 3 is 2.40 bits per heavy atom. The van der Waals surface area contributed by atoms with Crippen LogP contribution in [0, 0.1) is 11.3 Å². The summed E-state index contributed by atoms with van der Waals surface area (Å²) in [5, 5.41) is 9.03. The molecule has 0 aromatic carbocycles. The number of rotatable bonds is 3. The van der Waals surface area contributed by atoms with Crippen molar-refractivity contribution < 1.29 is 13.9 Å². The fourth-order valence-electron chi connectivity index (χ4n) is 1.43. The van der Waals surface area contributed by atoms with E-state index in [2.05, 4.69) is 25.7 Å². The molecule has 0 radical (unpaired) electrons. The highest BCUT2D eigenvalue weighted by Crippen LogP contribution is 2.26. The van der Waals surface area contributed by atoms with Crippen molar-refractivity contribution in [2.45, 2.75) is 51.5 Å². The van der Waals surface area contributed by atoms with Crippen LogP contribution in [-0.2, 0) is 13.9 Å². The van der Waals surface area contributed by atoms with Crippen LogP contribution < -0.4 is 0 Å². The van der Waals surface area contributed by atoms with Gasteiger partial charge < -0.3 is 13.9 Å². The Hall–Kier alpha value is -0.413. The van der Waals surface area contributed by atoms with Crippen LogP contribution in [0.3, 0.4) is 0 Å². The van der Waals surface area contributed by atoms with E-state index >= 15 is 0 Å². The molecule has 0 spiro atoms. The van der Waals surface area contributed by atoms with E-state index in [1.807, 2.05) is 13.8 Å². The third-order valence-electron chi connectivity index (χ3n) is 1.98. The minimum atomic E-state index is -1.71. The van der Waals surface area contributed by atoms with Crippen molar-refractivity contribution in [1.29, 1.82) is 5.26 Å². The molecule has 0 aromatic heterocycles. The van der Waals surface area contributed by atoms with Crippen molar-refractivity contribution in [1.82, 2.24) is 0 Å². The molecule has 1 rings (SSSR count). The highest BCUT2D eigenvalue weighted by atomic mass is 28.4. The fourth-order valence-corrected chi connectivity index (χ4v) is 2.40. The Bertz CT molecular complexity index is 267. The van der Waals surface area contributed by atoms with E-state index < -0.39 is 20.2 Å². The zero-order valence-electron chi connectivity index (χ0n) is 10.0. The van der Waals surface area contributed by atoms with Gasteiger partial charge in [-0.1, -0.05) is 0 Å². The van der Waals surface area contributed by atoms with Crippen LogP contribution in [0.25, 0.3) is 0 Å². The van der Waals surface area contributed by atoms with E-state index in [0.29, 0.717) is 6.61 Å². The summed E-state index contributed by atoms with van der Waals surface area (Å²) in [7, 11) is -1.71. The van der Waals surface area contributed by atoms with Crippen LogP contribution in [0.1, 0.15) is 13.8 Å². The van der Waals surface area contributed by atoms with Crippen molar-refractivity contribution in [2.24, 2.45) is 0 Å². The van der Waals surface area contributed by atoms with Crippen LogP contribution in [-0.4, -0.2) is 32.9 Å². The summed E-state index contributed by atoms with van der Waals surface area (Å²) in [4.78, 5) is 0. The number of nitrogens with zero attached hydrogens (tertiary/aromatic N) is 1. The molecule has 1 aliphatic rings. The smallest absolute Gasteiger partial charge is 0.185 e. The lowest BCUT2D eigenvalue weighted by Gasteiger charge is -2.25. The Morgan fingerprint density at radius 2 is 2.07 bits per heavy atom. The Labute approximate surface area is 92.3 Å². The molecule has 1 fully saturated rings. The van der Waals surface area contributed by atoms with E-state index in [9.17, 15) is 0 Å². The third kappa shape index (κ3) is 3.91. The van der Waals surface area contributed by atoms with Gasteiger partial charge in [0.25, 0.3) is 0 Å². The van der Waals surface area contributed by atoms with Crippen molar-refractivity contribution >= 4 is 8.32 Å². The Morgan fingerprint density at radius 1 is 1.47 bits per heavy atom. The third-order valence-corrected chi connectivity index (χ3v) is 2.94. The molecular formula is C10H19NO3Si. The molecular weight excluding hydrogens is 210 g/mol. The largest absolute Gasteiger partial charge is 0.400 e. The summed E-state index contributed by atoms with van der Waals surface area (Å²) >= 11 is 0. The van der Waals surface area contributed by atoms with Gasteiger partial charge in [-0.25, -0.2) is 0 Å².